The number of nitrogen functional groups attached to an aromatic ring is 1. The highest BCUT2D eigenvalue weighted by atomic mass is 32.2. The zero-order valence-electron chi connectivity index (χ0n) is 20.6. The van der Waals surface area contributed by atoms with Crippen LogP contribution < -0.4 is 15.2 Å². The second-order valence-corrected chi connectivity index (χ2v) is 9.62. The summed E-state index contributed by atoms with van der Waals surface area (Å²) in [4.78, 5) is 16.4. The number of ether oxygens (including phenoxy) is 1. The SMILES string of the molecule is C=Cc1cc(C(=O)c2cnn(-c3ccc(OC/C=C\C=C/CF)cc3C)c2N)[nH]c1/C=C/NSC1CC1. The molecular weight excluding hydrogens is 489 g/mol. The number of alkyl halides is 1. The van der Waals surface area contributed by atoms with Crippen molar-refractivity contribution in [3.8, 4) is 11.4 Å². The number of H-pyrrole nitrogens is 1. The second-order valence-electron chi connectivity index (χ2n) is 8.48. The van der Waals surface area contributed by atoms with Crippen LogP contribution in [0, 0.1) is 6.92 Å². The van der Waals surface area contributed by atoms with Crippen molar-refractivity contribution in [2.24, 2.45) is 0 Å². The van der Waals surface area contributed by atoms with Crippen LogP contribution in [0.15, 0.2) is 67.5 Å². The Hall–Kier alpha value is -3.98. The molecule has 192 valence electrons. The van der Waals surface area contributed by atoms with Crippen molar-refractivity contribution in [1.29, 1.82) is 0 Å². The normalized spacial score (nSPS) is 13.7. The molecule has 0 unspecified atom stereocenters. The lowest BCUT2D eigenvalue weighted by molar-refractivity contribution is 0.103. The number of halogens is 1. The number of ketones is 1. The van der Waals surface area contributed by atoms with Gasteiger partial charge in [0.1, 0.15) is 24.8 Å². The number of nitrogens with zero attached hydrogens (tertiary/aromatic N) is 2. The molecule has 1 aliphatic carbocycles. The summed E-state index contributed by atoms with van der Waals surface area (Å²) < 4.78 is 22.5. The fourth-order valence-corrected chi connectivity index (χ4v) is 4.30. The lowest BCUT2D eigenvalue weighted by atomic mass is 10.1. The highest BCUT2D eigenvalue weighted by molar-refractivity contribution is 7.98. The topological polar surface area (TPSA) is 98.0 Å². The van der Waals surface area contributed by atoms with Crippen LogP contribution in [0.3, 0.4) is 0 Å². The molecule has 0 atom stereocenters. The van der Waals surface area contributed by atoms with Crippen molar-refractivity contribution in [2.75, 3.05) is 19.0 Å². The van der Waals surface area contributed by atoms with E-state index in [1.54, 1.807) is 47.0 Å². The Bertz CT molecular complexity index is 1350. The van der Waals surface area contributed by atoms with Gasteiger partial charge >= 0.3 is 0 Å². The number of aromatic amines is 1. The van der Waals surface area contributed by atoms with Gasteiger partial charge in [-0.1, -0.05) is 30.9 Å². The van der Waals surface area contributed by atoms with Gasteiger partial charge in [-0.05, 0) is 79.3 Å². The number of allylic oxidation sites excluding steroid dienone is 3. The molecule has 0 saturated heterocycles. The van der Waals surface area contributed by atoms with Crippen molar-refractivity contribution in [2.45, 2.75) is 25.0 Å². The van der Waals surface area contributed by atoms with Crippen molar-refractivity contribution in [3.63, 3.8) is 0 Å². The van der Waals surface area contributed by atoms with Gasteiger partial charge in [-0.3, -0.25) is 4.79 Å². The van der Waals surface area contributed by atoms with Crippen LogP contribution in [0.4, 0.5) is 10.2 Å². The first-order chi connectivity index (χ1) is 18.0. The number of carbonyl (C=O) groups excluding carboxylic acids is 1. The molecule has 1 aromatic carbocycles. The highest BCUT2D eigenvalue weighted by Crippen LogP contribution is 2.32. The van der Waals surface area contributed by atoms with Crippen molar-refractivity contribution < 1.29 is 13.9 Å². The fourth-order valence-electron chi connectivity index (χ4n) is 3.59. The smallest absolute Gasteiger partial charge is 0.214 e. The average molecular weight is 520 g/mol. The third kappa shape index (κ3) is 6.62. The van der Waals surface area contributed by atoms with Gasteiger partial charge < -0.3 is 20.2 Å². The van der Waals surface area contributed by atoms with Gasteiger partial charge in [0.05, 0.1) is 23.1 Å². The Morgan fingerprint density at radius 3 is 2.89 bits per heavy atom. The zero-order chi connectivity index (χ0) is 26.2. The predicted molar refractivity (Wildman–Crippen MR) is 150 cm³/mol. The summed E-state index contributed by atoms with van der Waals surface area (Å²) in [6.45, 7) is 5.63. The second kappa shape index (κ2) is 12.3. The molecule has 4 N–H and O–H groups in total. The Balaban J connectivity index is 1.47. The lowest BCUT2D eigenvalue weighted by Gasteiger charge is -2.11. The van der Waals surface area contributed by atoms with Gasteiger partial charge in [0.25, 0.3) is 0 Å². The van der Waals surface area contributed by atoms with Crippen LogP contribution in [-0.2, 0) is 0 Å². The molecule has 3 aromatic rings. The standard InChI is InChI=1S/C28H30FN5O2S/c1-3-20-17-25(33-24(20)12-14-32-37-22-9-10-22)27(35)23-18-31-34(28(23)30)26-11-8-21(16-19(26)2)36-15-7-5-4-6-13-29/h3-8,11-12,14,16-18,22,32-33H,1,9-10,13,15,30H2,2H3/b6-4-,7-5-,14-12+. The van der Waals surface area contributed by atoms with Crippen molar-refractivity contribution in [1.82, 2.24) is 19.5 Å². The van der Waals surface area contributed by atoms with Gasteiger partial charge in [0.2, 0.25) is 5.78 Å². The molecule has 37 heavy (non-hydrogen) atoms. The van der Waals surface area contributed by atoms with Crippen molar-refractivity contribution >= 4 is 35.7 Å². The minimum absolute atomic E-state index is 0.249. The Kier molecular flexibility index (Phi) is 8.68. The number of hydrogen-bond acceptors (Lipinski definition) is 6. The van der Waals surface area contributed by atoms with E-state index in [9.17, 15) is 9.18 Å². The third-order valence-corrected chi connectivity index (χ3v) is 6.76. The first-order valence-corrected chi connectivity index (χ1v) is 12.8. The van der Waals surface area contributed by atoms with Gasteiger partial charge in [-0.2, -0.15) is 5.10 Å². The summed E-state index contributed by atoms with van der Waals surface area (Å²) in [7, 11) is 0. The van der Waals surface area contributed by atoms with E-state index < -0.39 is 6.67 Å². The van der Waals surface area contributed by atoms with E-state index in [1.165, 1.54) is 25.1 Å². The zero-order valence-corrected chi connectivity index (χ0v) is 21.4. The number of nitrogens with two attached hydrogens (primary N) is 1. The van der Waals surface area contributed by atoms with E-state index in [0.29, 0.717) is 28.9 Å². The molecule has 0 radical (unpaired) electrons. The molecular formula is C28H30FN5O2S. The molecule has 1 fully saturated rings. The number of nitrogens with one attached hydrogen (secondary N) is 2. The molecule has 0 bridgehead atoms. The predicted octanol–water partition coefficient (Wildman–Crippen LogP) is 5.80. The molecule has 4 rings (SSSR count). The van der Waals surface area contributed by atoms with E-state index >= 15 is 0 Å². The van der Waals surface area contributed by atoms with Crippen LogP contribution in [-0.4, -0.2) is 39.1 Å². The third-order valence-electron chi connectivity index (χ3n) is 5.69. The quantitative estimate of drug-likeness (QED) is 0.150. The number of benzene rings is 1. The van der Waals surface area contributed by atoms with Gasteiger partial charge in [-0.15, -0.1) is 0 Å². The molecule has 2 heterocycles. The highest BCUT2D eigenvalue weighted by Gasteiger charge is 2.22. The number of rotatable bonds is 13. The largest absolute Gasteiger partial charge is 0.490 e. The van der Waals surface area contributed by atoms with Crippen LogP contribution in [0.1, 0.15) is 45.7 Å². The Labute approximate surface area is 220 Å². The molecule has 9 heteroatoms. The Morgan fingerprint density at radius 1 is 1.35 bits per heavy atom. The van der Waals surface area contributed by atoms with E-state index in [0.717, 1.165) is 22.5 Å². The number of carbonyl (C=O) groups is 1. The maximum Gasteiger partial charge on any atom is 0.214 e. The van der Waals surface area contributed by atoms with E-state index in [-0.39, 0.29) is 11.6 Å². The minimum Gasteiger partial charge on any atom is -0.490 e. The van der Waals surface area contributed by atoms with Crippen LogP contribution in [0.5, 0.6) is 5.75 Å². The van der Waals surface area contributed by atoms with Crippen LogP contribution in [0.25, 0.3) is 17.8 Å². The molecule has 0 amide bonds. The summed E-state index contributed by atoms with van der Waals surface area (Å²) in [6.07, 6.45) is 16.0. The van der Waals surface area contributed by atoms with E-state index in [4.69, 9.17) is 10.5 Å². The average Bonchev–Trinajstić information content (AvgIpc) is 3.51. The van der Waals surface area contributed by atoms with Gasteiger partial charge in [0, 0.05) is 17.1 Å². The van der Waals surface area contributed by atoms with E-state index in [2.05, 4.69) is 21.4 Å². The summed E-state index contributed by atoms with van der Waals surface area (Å²) in [6, 6.07) is 7.29. The van der Waals surface area contributed by atoms with Gasteiger partial charge in [0.15, 0.2) is 0 Å². The number of aromatic nitrogens is 3. The van der Waals surface area contributed by atoms with Crippen molar-refractivity contribution in [3.05, 3.63) is 95.6 Å². The summed E-state index contributed by atoms with van der Waals surface area (Å²) in [5.41, 5.74) is 10.3. The molecule has 7 nitrogen and oxygen atoms in total. The molecule has 0 spiro atoms. The van der Waals surface area contributed by atoms with E-state index in [1.807, 2.05) is 37.4 Å². The fraction of sp³-hybridized carbons (Fsp3) is 0.214. The first-order valence-electron chi connectivity index (χ1n) is 11.9. The number of hydrogen-bond donors (Lipinski definition) is 3. The number of aryl methyl sites for hydroxylation is 1. The minimum atomic E-state index is -0.494. The van der Waals surface area contributed by atoms with Crippen LogP contribution >= 0.6 is 11.9 Å². The maximum atomic E-state index is 13.3. The summed E-state index contributed by atoms with van der Waals surface area (Å²) in [5, 5.41) is 5.07. The lowest BCUT2D eigenvalue weighted by Crippen LogP contribution is -2.08. The monoisotopic (exact) mass is 519 g/mol. The molecule has 1 saturated carbocycles. The first kappa shape index (κ1) is 26.1. The summed E-state index contributed by atoms with van der Waals surface area (Å²) >= 11 is 1.70. The molecule has 2 aromatic heterocycles. The molecule has 1 aliphatic rings. The maximum absolute atomic E-state index is 13.3. The molecule has 0 aliphatic heterocycles. The summed E-state index contributed by atoms with van der Waals surface area (Å²) in [5.74, 6) is 0.674. The number of anilines is 1. The Morgan fingerprint density at radius 2 is 2.16 bits per heavy atom. The van der Waals surface area contributed by atoms with Gasteiger partial charge in [-0.25, -0.2) is 9.07 Å². The van der Waals surface area contributed by atoms with Crippen LogP contribution in [0.2, 0.25) is 0 Å².